The largest absolute Gasteiger partial charge is 0.384 e. The number of methoxy groups -OCH3 is 1. The van der Waals surface area contributed by atoms with Crippen molar-refractivity contribution in [3.05, 3.63) is 12.2 Å². The molecular formula is C10H20N2O. The molecule has 3 nitrogen and oxygen atoms in total. The first-order valence-corrected chi connectivity index (χ1v) is 5.00. The lowest BCUT2D eigenvalue weighted by atomic mass is 10.3. The molecule has 3 heteroatoms. The van der Waals surface area contributed by atoms with Gasteiger partial charge in [0.15, 0.2) is 0 Å². The van der Waals surface area contributed by atoms with Crippen molar-refractivity contribution in [2.45, 2.75) is 6.42 Å². The molecule has 0 aromatic rings. The Labute approximate surface area is 80.8 Å². The molecule has 0 aromatic heterocycles. The third-order valence-corrected chi connectivity index (χ3v) is 2.23. The van der Waals surface area contributed by atoms with Crippen LogP contribution in [0.1, 0.15) is 6.42 Å². The summed E-state index contributed by atoms with van der Waals surface area (Å²) < 4.78 is 4.96. The molecule has 1 N–H and O–H groups in total. The van der Waals surface area contributed by atoms with Crippen molar-refractivity contribution in [2.24, 2.45) is 0 Å². The highest BCUT2D eigenvalue weighted by Crippen LogP contribution is 1.92. The third kappa shape index (κ3) is 5.03. The van der Waals surface area contributed by atoms with E-state index in [4.69, 9.17) is 4.74 Å². The SMILES string of the molecule is COCC/C=C\CN1CCNCC1. The zero-order valence-corrected chi connectivity index (χ0v) is 8.46. The van der Waals surface area contributed by atoms with Crippen LogP contribution >= 0.6 is 0 Å². The summed E-state index contributed by atoms with van der Waals surface area (Å²) in [6.07, 6.45) is 5.47. The maximum Gasteiger partial charge on any atom is 0.0496 e. The van der Waals surface area contributed by atoms with Crippen LogP contribution in [0.15, 0.2) is 12.2 Å². The van der Waals surface area contributed by atoms with Gasteiger partial charge in [-0.15, -0.1) is 0 Å². The van der Waals surface area contributed by atoms with E-state index in [2.05, 4.69) is 22.4 Å². The van der Waals surface area contributed by atoms with E-state index in [1.54, 1.807) is 7.11 Å². The monoisotopic (exact) mass is 184 g/mol. The van der Waals surface area contributed by atoms with Gasteiger partial charge in [-0.3, -0.25) is 4.90 Å². The van der Waals surface area contributed by atoms with E-state index in [1.807, 2.05) is 0 Å². The van der Waals surface area contributed by atoms with Gasteiger partial charge in [0.25, 0.3) is 0 Å². The molecule has 0 aliphatic carbocycles. The predicted molar refractivity (Wildman–Crippen MR) is 54.9 cm³/mol. The van der Waals surface area contributed by atoms with E-state index in [1.165, 1.54) is 13.1 Å². The van der Waals surface area contributed by atoms with Gasteiger partial charge in [0, 0.05) is 46.4 Å². The van der Waals surface area contributed by atoms with E-state index in [9.17, 15) is 0 Å². The highest BCUT2D eigenvalue weighted by Gasteiger charge is 2.05. The van der Waals surface area contributed by atoms with E-state index in [0.29, 0.717) is 0 Å². The molecule has 1 aliphatic heterocycles. The van der Waals surface area contributed by atoms with Crippen LogP contribution < -0.4 is 5.32 Å². The van der Waals surface area contributed by atoms with Crippen molar-refractivity contribution >= 4 is 0 Å². The Balaban J connectivity index is 2.00. The summed E-state index contributed by atoms with van der Waals surface area (Å²) in [4.78, 5) is 2.46. The highest BCUT2D eigenvalue weighted by molar-refractivity contribution is 4.85. The zero-order chi connectivity index (χ0) is 9.36. The fraction of sp³-hybridized carbons (Fsp3) is 0.800. The van der Waals surface area contributed by atoms with Gasteiger partial charge in [0.2, 0.25) is 0 Å². The van der Waals surface area contributed by atoms with Gasteiger partial charge in [-0.1, -0.05) is 12.2 Å². The first-order valence-electron chi connectivity index (χ1n) is 5.00. The molecule has 0 bridgehead atoms. The second kappa shape index (κ2) is 7.06. The van der Waals surface area contributed by atoms with Crippen LogP contribution in [0, 0.1) is 0 Å². The van der Waals surface area contributed by atoms with Crippen LogP contribution in [0.25, 0.3) is 0 Å². The van der Waals surface area contributed by atoms with Gasteiger partial charge in [-0.2, -0.15) is 0 Å². The number of nitrogens with one attached hydrogen (secondary N) is 1. The summed E-state index contributed by atoms with van der Waals surface area (Å²) in [5, 5.41) is 3.34. The second-order valence-corrected chi connectivity index (χ2v) is 3.30. The van der Waals surface area contributed by atoms with Crippen LogP contribution in [-0.4, -0.2) is 51.3 Å². The molecule has 76 valence electrons. The van der Waals surface area contributed by atoms with Gasteiger partial charge in [-0.25, -0.2) is 0 Å². The molecule has 1 fully saturated rings. The van der Waals surface area contributed by atoms with Crippen molar-refractivity contribution in [2.75, 3.05) is 46.4 Å². The Morgan fingerprint density at radius 3 is 2.77 bits per heavy atom. The van der Waals surface area contributed by atoms with Gasteiger partial charge in [0.1, 0.15) is 0 Å². The third-order valence-electron chi connectivity index (χ3n) is 2.23. The van der Waals surface area contributed by atoms with E-state index in [0.717, 1.165) is 32.7 Å². The van der Waals surface area contributed by atoms with Crippen molar-refractivity contribution < 1.29 is 4.74 Å². The first-order chi connectivity index (χ1) is 6.43. The summed E-state index contributed by atoms with van der Waals surface area (Å²) in [5.74, 6) is 0. The normalized spacial score (nSPS) is 19.8. The van der Waals surface area contributed by atoms with Gasteiger partial charge in [-0.05, 0) is 6.42 Å². The Morgan fingerprint density at radius 1 is 1.31 bits per heavy atom. The number of ether oxygens (including phenoxy) is 1. The molecular weight excluding hydrogens is 164 g/mol. The Bertz CT molecular complexity index is 142. The summed E-state index contributed by atoms with van der Waals surface area (Å²) in [5.41, 5.74) is 0. The van der Waals surface area contributed by atoms with Crippen molar-refractivity contribution in [3.8, 4) is 0 Å². The molecule has 0 saturated carbocycles. The number of nitrogens with zero attached hydrogens (tertiary/aromatic N) is 1. The minimum absolute atomic E-state index is 0.831. The van der Waals surface area contributed by atoms with E-state index < -0.39 is 0 Å². The van der Waals surface area contributed by atoms with Gasteiger partial charge < -0.3 is 10.1 Å². The fourth-order valence-electron chi connectivity index (χ4n) is 1.42. The average molecular weight is 184 g/mol. The highest BCUT2D eigenvalue weighted by atomic mass is 16.5. The summed E-state index contributed by atoms with van der Waals surface area (Å²) in [6.45, 7) is 6.53. The van der Waals surface area contributed by atoms with Crippen LogP contribution in [-0.2, 0) is 4.74 Å². The maximum atomic E-state index is 4.96. The molecule has 0 amide bonds. The Kier molecular flexibility index (Phi) is 5.81. The number of piperazine rings is 1. The molecule has 0 atom stereocenters. The zero-order valence-electron chi connectivity index (χ0n) is 8.46. The quantitative estimate of drug-likeness (QED) is 0.497. The average Bonchev–Trinajstić information content (AvgIpc) is 2.19. The topological polar surface area (TPSA) is 24.5 Å². The van der Waals surface area contributed by atoms with Crippen LogP contribution in [0.3, 0.4) is 0 Å². The Morgan fingerprint density at radius 2 is 2.08 bits per heavy atom. The molecule has 1 aliphatic rings. The lowest BCUT2D eigenvalue weighted by Crippen LogP contribution is -2.43. The molecule has 0 aromatic carbocycles. The predicted octanol–water partition coefficient (Wildman–Crippen LogP) is 0.484. The fourth-order valence-corrected chi connectivity index (χ4v) is 1.42. The van der Waals surface area contributed by atoms with E-state index in [-0.39, 0.29) is 0 Å². The van der Waals surface area contributed by atoms with Gasteiger partial charge >= 0.3 is 0 Å². The van der Waals surface area contributed by atoms with Crippen LogP contribution in [0.2, 0.25) is 0 Å². The standard InChI is InChI=1S/C10H20N2O/c1-13-10-4-2-3-7-12-8-5-11-6-9-12/h2-3,11H,4-10H2,1H3/b3-2-. The molecule has 0 radical (unpaired) electrons. The van der Waals surface area contributed by atoms with Crippen molar-refractivity contribution in [3.63, 3.8) is 0 Å². The minimum atomic E-state index is 0.831. The number of hydrogen-bond acceptors (Lipinski definition) is 3. The molecule has 13 heavy (non-hydrogen) atoms. The lowest BCUT2D eigenvalue weighted by molar-refractivity contribution is 0.204. The molecule has 0 spiro atoms. The molecule has 1 heterocycles. The summed E-state index contributed by atoms with van der Waals surface area (Å²) >= 11 is 0. The smallest absolute Gasteiger partial charge is 0.0496 e. The van der Waals surface area contributed by atoms with Crippen LogP contribution in [0.4, 0.5) is 0 Å². The number of rotatable bonds is 5. The molecule has 0 unspecified atom stereocenters. The van der Waals surface area contributed by atoms with Gasteiger partial charge in [0.05, 0.1) is 0 Å². The first kappa shape index (κ1) is 10.7. The van der Waals surface area contributed by atoms with Crippen molar-refractivity contribution in [1.82, 2.24) is 10.2 Å². The Hall–Kier alpha value is -0.380. The maximum absolute atomic E-state index is 4.96. The lowest BCUT2D eigenvalue weighted by Gasteiger charge is -2.25. The van der Waals surface area contributed by atoms with Crippen LogP contribution in [0.5, 0.6) is 0 Å². The van der Waals surface area contributed by atoms with Crippen molar-refractivity contribution in [1.29, 1.82) is 0 Å². The summed E-state index contributed by atoms with van der Waals surface area (Å²) in [6, 6.07) is 0. The summed E-state index contributed by atoms with van der Waals surface area (Å²) in [7, 11) is 1.74. The molecule has 1 saturated heterocycles. The molecule has 1 rings (SSSR count). The number of hydrogen-bond donors (Lipinski definition) is 1. The minimum Gasteiger partial charge on any atom is -0.384 e. The van der Waals surface area contributed by atoms with E-state index >= 15 is 0 Å². The second-order valence-electron chi connectivity index (χ2n) is 3.30.